The van der Waals surface area contributed by atoms with E-state index < -0.39 is 39.9 Å². The monoisotopic (exact) mass is 389 g/mol. The predicted octanol–water partition coefficient (Wildman–Crippen LogP) is 4.64. The lowest BCUT2D eigenvalue weighted by Crippen LogP contribution is -2.27. The van der Waals surface area contributed by atoms with Crippen LogP contribution in [0.3, 0.4) is 0 Å². The smallest absolute Gasteiger partial charge is 0.412 e. The minimum absolute atomic E-state index is 0.0932. The molecule has 1 rings (SSSR count). The lowest BCUT2D eigenvalue weighted by atomic mass is 10.2. The molecular formula is C17H25F2N3O3S. The molecule has 1 atom stereocenters. The first kappa shape index (κ1) is 22.3. The molecule has 0 bridgehead atoms. The zero-order valence-electron chi connectivity index (χ0n) is 16.0. The molecule has 0 aliphatic heterocycles. The van der Waals surface area contributed by atoms with E-state index in [0.29, 0.717) is 0 Å². The summed E-state index contributed by atoms with van der Waals surface area (Å²) < 4.78 is 47.0. The number of pyridine rings is 1. The summed E-state index contributed by atoms with van der Waals surface area (Å²) in [5.41, 5.74) is -0.827. The Labute approximate surface area is 155 Å². The van der Waals surface area contributed by atoms with Crippen LogP contribution in [0.4, 0.5) is 19.3 Å². The molecule has 1 N–H and O–H groups in total. The van der Waals surface area contributed by atoms with Gasteiger partial charge in [0, 0.05) is 5.69 Å². The molecule has 1 aromatic rings. The van der Waals surface area contributed by atoms with Crippen LogP contribution in [0.15, 0.2) is 16.5 Å². The third-order valence-electron chi connectivity index (χ3n) is 2.83. The van der Waals surface area contributed by atoms with E-state index in [-0.39, 0.29) is 17.1 Å². The van der Waals surface area contributed by atoms with Gasteiger partial charge in [-0.05, 0) is 60.6 Å². The van der Waals surface area contributed by atoms with Gasteiger partial charge in [0.15, 0.2) is 0 Å². The average Bonchev–Trinajstić information content (AvgIpc) is 2.43. The molecule has 146 valence electrons. The van der Waals surface area contributed by atoms with Crippen LogP contribution in [0.5, 0.6) is 0 Å². The number of halogens is 2. The lowest BCUT2D eigenvalue weighted by molar-refractivity contribution is 0.0635. The number of ether oxygens (including phenoxy) is 1. The number of alkyl halides is 2. The van der Waals surface area contributed by atoms with Gasteiger partial charge in [-0.15, -0.1) is 0 Å². The number of carbonyl (C=O) groups is 1. The summed E-state index contributed by atoms with van der Waals surface area (Å²) >= 11 is -1.57. The van der Waals surface area contributed by atoms with Crippen molar-refractivity contribution in [3.8, 4) is 0 Å². The third-order valence-corrected chi connectivity index (χ3v) is 4.32. The number of carbonyl (C=O) groups excluding carboxylic acids is 1. The van der Waals surface area contributed by atoms with Crippen molar-refractivity contribution in [2.75, 3.05) is 5.32 Å². The summed E-state index contributed by atoms with van der Waals surface area (Å²) in [4.78, 5) is 15.7. The zero-order chi connectivity index (χ0) is 20.3. The summed E-state index contributed by atoms with van der Waals surface area (Å²) in [7, 11) is 0. The Hall–Kier alpha value is -1.74. The molecule has 1 aromatic heterocycles. The molecule has 1 unspecified atom stereocenters. The van der Waals surface area contributed by atoms with E-state index in [4.69, 9.17) is 4.74 Å². The topological polar surface area (TPSA) is 86.6 Å². The normalized spacial score (nSPS) is 14.3. The van der Waals surface area contributed by atoms with Crippen molar-refractivity contribution < 1.29 is 22.9 Å². The summed E-state index contributed by atoms with van der Waals surface area (Å²) in [6, 6.07) is 2.45. The molecule has 0 fully saturated rings. The number of nitrogens with one attached hydrogen (secondary N) is 1. The SMILES string of the molecule is CC(=N[S+]([O-])C(C)(C)C)c1cc(NC(=O)OC(C)(C)C)cc(C(F)F)n1. The average molecular weight is 389 g/mol. The Morgan fingerprint density at radius 3 is 2.31 bits per heavy atom. The van der Waals surface area contributed by atoms with E-state index in [1.807, 2.05) is 0 Å². The van der Waals surface area contributed by atoms with Crippen LogP contribution >= 0.6 is 0 Å². The van der Waals surface area contributed by atoms with Gasteiger partial charge in [0.1, 0.15) is 33.1 Å². The van der Waals surface area contributed by atoms with Crippen molar-refractivity contribution >= 4 is 28.9 Å². The van der Waals surface area contributed by atoms with Crippen molar-refractivity contribution in [3.05, 3.63) is 23.5 Å². The predicted molar refractivity (Wildman–Crippen MR) is 99.2 cm³/mol. The lowest BCUT2D eigenvalue weighted by Gasteiger charge is -2.20. The van der Waals surface area contributed by atoms with Gasteiger partial charge in [-0.1, -0.05) is 4.40 Å². The minimum Gasteiger partial charge on any atom is -0.591 e. The molecule has 0 spiro atoms. The molecule has 0 saturated carbocycles. The van der Waals surface area contributed by atoms with Gasteiger partial charge in [-0.2, -0.15) is 0 Å². The van der Waals surface area contributed by atoms with Crippen LogP contribution < -0.4 is 5.32 Å². The van der Waals surface area contributed by atoms with Gasteiger partial charge in [0.05, 0.1) is 5.69 Å². The van der Waals surface area contributed by atoms with E-state index in [2.05, 4.69) is 14.7 Å². The first-order valence-electron chi connectivity index (χ1n) is 7.97. The Balaban J connectivity index is 3.19. The minimum atomic E-state index is -2.84. The van der Waals surface area contributed by atoms with Crippen LogP contribution in [0, 0.1) is 0 Å². The maximum atomic E-state index is 13.1. The Morgan fingerprint density at radius 2 is 1.85 bits per heavy atom. The van der Waals surface area contributed by atoms with Crippen molar-refractivity contribution in [2.45, 2.75) is 65.2 Å². The maximum Gasteiger partial charge on any atom is 0.412 e. The Kier molecular flexibility index (Phi) is 7.12. The van der Waals surface area contributed by atoms with Crippen molar-refractivity contribution in [3.63, 3.8) is 0 Å². The van der Waals surface area contributed by atoms with Gasteiger partial charge in [0.25, 0.3) is 6.43 Å². The quantitative estimate of drug-likeness (QED) is 0.600. The van der Waals surface area contributed by atoms with Crippen LogP contribution in [-0.4, -0.2) is 31.7 Å². The van der Waals surface area contributed by atoms with Crippen LogP contribution in [0.1, 0.15) is 66.3 Å². The molecule has 0 aliphatic rings. The molecule has 1 amide bonds. The number of amides is 1. The number of rotatable bonds is 4. The van der Waals surface area contributed by atoms with E-state index >= 15 is 0 Å². The van der Waals surface area contributed by atoms with Gasteiger partial charge >= 0.3 is 6.09 Å². The zero-order valence-corrected chi connectivity index (χ0v) is 16.8. The van der Waals surface area contributed by atoms with Crippen molar-refractivity contribution in [1.29, 1.82) is 0 Å². The van der Waals surface area contributed by atoms with Gasteiger partial charge in [0.2, 0.25) is 0 Å². The molecule has 6 nitrogen and oxygen atoms in total. The standard InChI is InChI=1S/C17H25F2N3O3S/c1-10(22-26(24)17(5,6)7)12-8-11(9-13(21-12)14(18)19)20-15(23)25-16(2,3)4/h8-9,14H,1-7H3,(H,20,21,23). The summed E-state index contributed by atoms with van der Waals surface area (Å²) in [6.45, 7) is 11.8. The van der Waals surface area contributed by atoms with E-state index in [0.717, 1.165) is 6.07 Å². The van der Waals surface area contributed by atoms with E-state index in [9.17, 15) is 18.1 Å². The highest BCUT2D eigenvalue weighted by molar-refractivity contribution is 7.91. The molecular weight excluding hydrogens is 364 g/mol. The van der Waals surface area contributed by atoms with E-state index in [1.165, 1.54) is 13.0 Å². The molecule has 0 radical (unpaired) electrons. The number of aromatic nitrogens is 1. The second kappa shape index (κ2) is 8.30. The third kappa shape index (κ3) is 7.25. The fourth-order valence-corrected chi connectivity index (χ4v) is 2.27. The molecule has 26 heavy (non-hydrogen) atoms. The van der Waals surface area contributed by atoms with Crippen LogP contribution in [0.2, 0.25) is 0 Å². The fourth-order valence-electron chi connectivity index (χ4n) is 1.65. The summed E-state index contributed by atoms with van der Waals surface area (Å²) in [5.74, 6) is 0. The van der Waals surface area contributed by atoms with Crippen molar-refractivity contribution in [2.24, 2.45) is 4.40 Å². The van der Waals surface area contributed by atoms with Crippen LogP contribution in [-0.2, 0) is 16.1 Å². The van der Waals surface area contributed by atoms with Crippen molar-refractivity contribution in [1.82, 2.24) is 4.98 Å². The molecule has 1 heterocycles. The molecule has 0 aromatic carbocycles. The first-order valence-corrected chi connectivity index (χ1v) is 9.07. The fraction of sp³-hybridized carbons (Fsp3) is 0.588. The van der Waals surface area contributed by atoms with E-state index in [1.54, 1.807) is 41.5 Å². The Bertz CT molecular complexity index is 683. The van der Waals surface area contributed by atoms with Crippen LogP contribution in [0.25, 0.3) is 0 Å². The second-order valence-electron chi connectivity index (χ2n) is 7.63. The molecule has 9 heteroatoms. The van der Waals surface area contributed by atoms with Gasteiger partial charge < -0.3 is 9.29 Å². The second-order valence-corrected chi connectivity index (χ2v) is 9.54. The largest absolute Gasteiger partial charge is 0.591 e. The summed E-state index contributed by atoms with van der Waals surface area (Å²) in [5, 5.41) is 2.41. The van der Waals surface area contributed by atoms with Gasteiger partial charge in [-0.25, -0.2) is 18.6 Å². The highest BCUT2D eigenvalue weighted by atomic mass is 32.2. The molecule has 0 saturated heterocycles. The first-order chi connectivity index (χ1) is 11.7. The number of hydrogen-bond donors (Lipinski definition) is 1. The highest BCUT2D eigenvalue weighted by Crippen LogP contribution is 2.23. The summed E-state index contributed by atoms with van der Waals surface area (Å²) in [6.07, 6.45) is -3.61. The Morgan fingerprint density at radius 1 is 1.27 bits per heavy atom. The number of nitrogens with zero attached hydrogens (tertiary/aromatic N) is 2. The van der Waals surface area contributed by atoms with Gasteiger partial charge in [-0.3, -0.25) is 5.32 Å². The maximum absolute atomic E-state index is 13.1. The molecule has 0 aliphatic carbocycles. The highest BCUT2D eigenvalue weighted by Gasteiger charge is 2.27. The number of anilines is 1. The number of hydrogen-bond acceptors (Lipinski definition) is 5.